The lowest BCUT2D eigenvalue weighted by atomic mass is 10.0. The minimum Gasteiger partial charge on any atom is -0.368 e. The lowest BCUT2D eigenvalue weighted by Crippen LogP contribution is -2.29. The van der Waals surface area contributed by atoms with Crippen LogP contribution in [0.2, 0.25) is 0 Å². The van der Waals surface area contributed by atoms with Crippen LogP contribution in [0.15, 0.2) is 6.20 Å². The molecule has 4 heteroatoms. The van der Waals surface area contributed by atoms with Crippen LogP contribution >= 0.6 is 0 Å². The van der Waals surface area contributed by atoms with Crippen LogP contribution in [0.3, 0.4) is 0 Å². The maximum Gasteiger partial charge on any atom is 0.160 e. The molecule has 20 heavy (non-hydrogen) atoms. The highest BCUT2D eigenvalue weighted by molar-refractivity contribution is 5.24. The van der Waals surface area contributed by atoms with Crippen LogP contribution in [-0.4, -0.2) is 23.6 Å². The quantitative estimate of drug-likeness (QED) is 0.840. The van der Waals surface area contributed by atoms with Crippen molar-refractivity contribution in [2.45, 2.75) is 64.5 Å². The van der Waals surface area contributed by atoms with Gasteiger partial charge < -0.3 is 10.1 Å². The topological polar surface area (TPSA) is 47.0 Å². The maximum absolute atomic E-state index is 5.90. The molecule has 1 aliphatic carbocycles. The van der Waals surface area contributed by atoms with Crippen LogP contribution in [0.25, 0.3) is 0 Å². The van der Waals surface area contributed by atoms with E-state index in [1.165, 1.54) is 30.5 Å². The molecular weight excluding hydrogens is 250 g/mol. The Morgan fingerprint density at radius 2 is 2.20 bits per heavy atom. The number of hydrogen-bond acceptors (Lipinski definition) is 4. The van der Waals surface area contributed by atoms with E-state index in [-0.39, 0.29) is 5.60 Å². The van der Waals surface area contributed by atoms with E-state index in [9.17, 15) is 0 Å². The number of rotatable bonds is 5. The van der Waals surface area contributed by atoms with E-state index in [1.807, 2.05) is 20.2 Å². The SMILES string of the molecule is CCOC(C)(CC)c1ncc2c(n1)CCCCC2NC. The Bertz CT molecular complexity index is 449. The monoisotopic (exact) mass is 277 g/mol. The van der Waals surface area contributed by atoms with Gasteiger partial charge in [0.15, 0.2) is 5.82 Å². The van der Waals surface area contributed by atoms with Gasteiger partial charge in [0, 0.05) is 30.1 Å². The number of aromatic nitrogens is 2. The Morgan fingerprint density at radius 1 is 1.40 bits per heavy atom. The molecule has 1 aromatic heterocycles. The molecule has 0 radical (unpaired) electrons. The van der Waals surface area contributed by atoms with Crippen LogP contribution < -0.4 is 5.32 Å². The van der Waals surface area contributed by atoms with E-state index >= 15 is 0 Å². The lowest BCUT2D eigenvalue weighted by molar-refractivity contribution is -0.0392. The summed E-state index contributed by atoms with van der Waals surface area (Å²) in [6, 6.07) is 0.390. The van der Waals surface area contributed by atoms with Gasteiger partial charge in [-0.15, -0.1) is 0 Å². The molecule has 1 N–H and O–H groups in total. The van der Waals surface area contributed by atoms with Gasteiger partial charge in [0.05, 0.1) is 0 Å². The zero-order chi connectivity index (χ0) is 14.6. The van der Waals surface area contributed by atoms with Crippen molar-refractivity contribution in [3.05, 3.63) is 23.3 Å². The van der Waals surface area contributed by atoms with Crippen molar-refractivity contribution in [3.63, 3.8) is 0 Å². The Hall–Kier alpha value is -1.00. The fourth-order valence-corrected chi connectivity index (χ4v) is 2.91. The number of nitrogens with zero attached hydrogens (tertiary/aromatic N) is 2. The van der Waals surface area contributed by atoms with Crippen LogP contribution in [-0.2, 0) is 16.8 Å². The first kappa shape index (κ1) is 15.4. The summed E-state index contributed by atoms with van der Waals surface area (Å²) in [5.74, 6) is 0.831. The molecule has 0 aliphatic heterocycles. The van der Waals surface area contributed by atoms with Crippen molar-refractivity contribution in [1.82, 2.24) is 15.3 Å². The van der Waals surface area contributed by atoms with E-state index in [0.717, 1.165) is 18.7 Å². The summed E-state index contributed by atoms with van der Waals surface area (Å²) in [6.45, 7) is 6.92. The van der Waals surface area contributed by atoms with Crippen molar-refractivity contribution in [2.24, 2.45) is 0 Å². The van der Waals surface area contributed by atoms with E-state index in [0.29, 0.717) is 12.6 Å². The average molecular weight is 277 g/mol. The van der Waals surface area contributed by atoms with Crippen LogP contribution in [0.5, 0.6) is 0 Å². The van der Waals surface area contributed by atoms with Gasteiger partial charge in [0.25, 0.3) is 0 Å². The molecule has 2 unspecified atom stereocenters. The van der Waals surface area contributed by atoms with Crippen molar-refractivity contribution >= 4 is 0 Å². The van der Waals surface area contributed by atoms with Gasteiger partial charge in [-0.2, -0.15) is 0 Å². The van der Waals surface area contributed by atoms with E-state index in [4.69, 9.17) is 9.72 Å². The molecule has 2 rings (SSSR count). The first-order valence-electron chi connectivity index (χ1n) is 7.82. The van der Waals surface area contributed by atoms with Crippen molar-refractivity contribution in [1.29, 1.82) is 0 Å². The predicted octanol–water partition coefficient (Wildman–Crippen LogP) is 3.13. The maximum atomic E-state index is 5.90. The molecular formula is C16H27N3O. The molecule has 112 valence electrons. The zero-order valence-electron chi connectivity index (χ0n) is 13.2. The summed E-state index contributed by atoms with van der Waals surface area (Å²) >= 11 is 0. The average Bonchev–Trinajstić information content (AvgIpc) is 2.68. The van der Waals surface area contributed by atoms with Gasteiger partial charge >= 0.3 is 0 Å². The highest BCUT2D eigenvalue weighted by Gasteiger charge is 2.30. The summed E-state index contributed by atoms with van der Waals surface area (Å²) < 4.78 is 5.90. The third-order valence-corrected chi connectivity index (χ3v) is 4.39. The second kappa shape index (κ2) is 6.64. The largest absolute Gasteiger partial charge is 0.368 e. The number of nitrogens with one attached hydrogen (secondary N) is 1. The molecule has 0 aromatic carbocycles. The Labute approximate surface area is 122 Å². The summed E-state index contributed by atoms with van der Waals surface area (Å²) in [5, 5.41) is 3.39. The predicted molar refractivity (Wildman–Crippen MR) is 80.7 cm³/mol. The lowest BCUT2D eigenvalue weighted by Gasteiger charge is -2.27. The molecule has 0 saturated carbocycles. The molecule has 0 spiro atoms. The fraction of sp³-hybridized carbons (Fsp3) is 0.750. The molecule has 0 fully saturated rings. The second-order valence-electron chi connectivity index (χ2n) is 5.70. The highest BCUT2D eigenvalue weighted by atomic mass is 16.5. The molecule has 0 saturated heterocycles. The number of aryl methyl sites for hydroxylation is 1. The summed E-state index contributed by atoms with van der Waals surface area (Å²) in [7, 11) is 2.02. The third-order valence-electron chi connectivity index (χ3n) is 4.39. The number of hydrogen-bond donors (Lipinski definition) is 1. The normalized spacial score (nSPS) is 21.9. The summed E-state index contributed by atoms with van der Waals surface area (Å²) in [5.41, 5.74) is 2.10. The van der Waals surface area contributed by atoms with Gasteiger partial charge in [0.1, 0.15) is 5.60 Å². The smallest absolute Gasteiger partial charge is 0.160 e. The van der Waals surface area contributed by atoms with Crippen molar-refractivity contribution < 1.29 is 4.74 Å². The first-order chi connectivity index (χ1) is 9.64. The highest BCUT2D eigenvalue weighted by Crippen LogP contribution is 2.31. The Morgan fingerprint density at radius 3 is 2.85 bits per heavy atom. The van der Waals surface area contributed by atoms with Crippen molar-refractivity contribution in [2.75, 3.05) is 13.7 Å². The minimum atomic E-state index is -0.370. The van der Waals surface area contributed by atoms with Gasteiger partial charge in [-0.3, -0.25) is 0 Å². The second-order valence-corrected chi connectivity index (χ2v) is 5.70. The third kappa shape index (κ3) is 3.01. The molecule has 1 heterocycles. The molecule has 1 aliphatic rings. The van der Waals surface area contributed by atoms with Gasteiger partial charge in [0.2, 0.25) is 0 Å². The fourth-order valence-electron chi connectivity index (χ4n) is 2.91. The molecule has 1 aromatic rings. The summed E-state index contributed by atoms with van der Waals surface area (Å²) in [6.07, 6.45) is 7.57. The van der Waals surface area contributed by atoms with Gasteiger partial charge in [-0.25, -0.2) is 9.97 Å². The molecule has 2 atom stereocenters. The van der Waals surface area contributed by atoms with E-state index in [2.05, 4.69) is 24.1 Å². The first-order valence-corrected chi connectivity index (χ1v) is 7.82. The molecule has 0 bridgehead atoms. The van der Waals surface area contributed by atoms with Crippen LogP contribution in [0.4, 0.5) is 0 Å². The zero-order valence-corrected chi connectivity index (χ0v) is 13.2. The Kier molecular flexibility index (Phi) is 5.11. The van der Waals surface area contributed by atoms with Gasteiger partial charge in [-0.1, -0.05) is 13.3 Å². The standard InChI is InChI=1S/C16H27N3O/c1-5-16(3,20-6-2)15-18-11-12-13(17-4)9-7-8-10-14(12)19-15/h11,13,17H,5-10H2,1-4H3. The van der Waals surface area contributed by atoms with Crippen molar-refractivity contribution in [3.8, 4) is 0 Å². The number of ether oxygens (including phenoxy) is 1. The number of fused-ring (bicyclic) bond motifs is 1. The van der Waals surface area contributed by atoms with Crippen LogP contribution in [0.1, 0.15) is 69.6 Å². The van der Waals surface area contributed by atoms with E-state index in [1.54, 1.807) is 0 Å². The molecule has 4 nitrogen and oxygen atoms in total. The van der Waals surface area contributed by atoms with Crippen LogP contribution in [0, 0.1) is 0 Å². The van der Waals surface area contributed by atoms with E-state index < -0.39 is 0 Å². The summed E-state index contributed by atoms with van der Waals surface area (Å²) in [4.78, 5) is 9.47. The minimum absolute atomic E-state index is 0.370. The Balaban J connectivity index is 2.37. The van der Waals surface area contributed by atoms with Gasteiger partial charge in [-0.05, 0) is 46.6 Å². The molecule has 0 amide bonds.